The van der Waals surface area contributed by atoms with Crippen molar-refractivity contribution in [2.24, 2.45) is 5.92 Å². The largest absolute Gasteiger partial charge is 0.264 e. The first kappa shape index (κ1) is 5.45. The van der Waals surface area contributed by atoms with Gasteiger partial charge in [-0.15, -0.1) is 0 Å². The molecule has 1 atom stereocenters. The molecule has 1 saturated heterocycles. The molecule has 2 heteroatoms. The highest BCUT2D eigenvalue weighted by Gasteiger charge is 2.05. The summed E-state index contributed by atoms with van der Waals surface area (Å²) in [6.45, 7) is 3.48. The summed E-state index contributed by atoms with van der Waals surface area (Å²) in [5.74, 6) is 2.20. The van der Waals surface area contributed by atoms with Gasteiger partial charge in [-0.25, -0.2) is 0 Å². The molecule has 0 saturated carbocycles. The summed E-state index contributed by atoms with van der Waals surface area (Å²) < 4.78 is 3.25. The normalized spacial score (nSPS) is 33.0. The zero-order valence-corrected chi connectivity index (χ0v) is 5.42. The van der Waals surface area contributed by atoms with E-state index < -0.39 is 0 Å². The predicted molar refractivity (Wildman–Crippen MR) is 34.2 cm³/mol. The highest BCUT2D eigenvalue weighted by molar-refractivity contribution is 7.97. The number of hydrogen-bond acceptors (Lipinski definition) is 2. The molecule has 0 bridgehead atoms. The van der Waals surface area contributed by atoms with Gasteiger partial charge < -0.3 is 0 Å². The Bertz CT molecular complexity index is 50.0. The molecule has 0 radical (unpaired) electrons. The first-order valence-corrected chi connectivity index (χ1v) is 3.73. The molecule has 1 nitrogen and oxygen atoms in total. The van der Waals surface area contributed by atoms with E-state index in [4.69, 9.17) is 0 Å². The van der Waals surface area contributed by atoms with Crippen molar-refractivity contribution in [3.05, 3.63) is 0 Å². The Balaban J connectivity index is 2.12. The van der Waals surface area contributed by atoms with Crippen LogP contribution in [0.15, 0.2) is 0 Å². The van der Waals surface area contributed by atoms with E-state index in [2.05, 4.69) is 11.6 Å². The third kappa shape index (κ3) is 1.70. The van der Waals surface area contributed by atoms with Crippen molar-refractivity contribution in [2.45, 2.75) is 13.3 Å². The van der Waals surface area contributed by atoms with Crippen molar-refractivity contribution >= 4 is 11.9 Å². The Morgan fingerprint density at radius 1 is 1.71 bits per heavy atom. The smallest absolute Gasteiger partial charge is 0.00845 e. The van der Waals surface area contributed by atoms with Crippen LogP contribution < -0.4 is 4.72 Å². The molecule has 7 heavy (non-hydrogen) atoms. The highest BCUT2D eigenvalue weighted by Crippen LogP contribution is 2.11. The summed E-state index contributed by atoms with van der Waals surface area (Å²) in [6, 6.07) is 0. The van der Waals surface area contributed by atoms with Crippen LogP contribution in [0.1, 0.15) is 13.3 Å². The molecule has 1 N–H and O–H groups in total. The van der Waals surface area contributed by atoms with Crippen molar-refractivity contribution in [3.8, 4) is 0 Å². The minimum Gasteiger partial charge on any atom is -0.264 e. The van der Waals surface area contributed by atoms with Crippen LogP contribution in [0.3, 0.4) is 0 Å². The lowest BCUT2D eigenvalue weighted by molar-refractivity contribution is 0.547. The lowest BCUT2D eigenvalue weighted by Crippen LogP contribution is -2.20. The molecule has 1 heterocycles. The maximum absolute atomic E-state index is 3.25. The molecule has 0 aliphatic carbocycles. The van der Waals surface area contributed by atoms with E-state index in [-0.39, 0.29) is 0 Å². The van der Waals surface area contributed by atoms with Crippen molar-refractivity contribution in [1.82, 2.24) is 4.72 Å². The number of hydrogen-bond donors (Lipinski definition) is 1. The van der Waals surface area contributed by atoms with Gasteiger partial charge in [-0.3, -0.25) is 4.72 Å². The van der Waals surface area contributed by atoms with Crippen molar-refractivity contribution < 1.29 is 0 Å². The van der Waals surface area contributed by atoms with Crippen LogP contribution >= 0.6 is 11.9 Å². The van der Waals surface area contributed by atoms with Gasteiger partial charge in [0.1, 0.15) is 0 Å². The molecule has 1 aliphatic heterocycles. The summed E-state index contributed by atoms with van der Waals surface area (Å²) in [5, 5.41) is 0. The standard InChI is InChI=1S/C5H11NS/c1-5-2-3-7-6-4-5/h5-6H,2-4H2,1H3. The first-order chi connectivity index (χ1) is 3.39. The summed E-state index contributed by atoms with van der Waals surface area (Å²) >= 11 is 1.85. The fourth-order valence-electron chi connectivity index (χ4n) is 0.636. The van der Waals surface area contributed by atoms with E-state index in [1.165, 1.54) is 18.7 Å². The lowest BCUT2D eigenvalue weighted by atomic mass is 10.1. The number of rotatable bonds is 0. The molecule has 1 aliphatic rings. The molecule has 1 fully saturated rings. The topological polar surface area (TPSA) is 12.0 Å². The summed E-state index contributed by atoms with van der Waals surface area (Å²) in [7, 11) is 0. The van der Waals surface area contributed by atoms with Crippen LogP contribution in [0.25, 0.3) is 0 Å². The molecule has 1 rings (SSSR count). The molecular formula is C5H11NS. The predicted octanol–water partition coefficient (Wildman–Crippen LogP) is 1.26. The van der Waals surface area contributed by atoms with E-state index in [1.54, 1.807) is 0 Å². The van der Waals surface area contributed by atoms with Crippen LogP contribution in [0.2, 0.25) is 0 Å². The third-order valence-electron chi connectivity index (χ3n) is 1.25. The minimum absolute atomic E-state index is 0.904. The second kappa shape index (κ2) is 2.58. The molecular weight excluding hydrogens is 106 g/mol. The van der Waals surface area contributed by atoms with Gasteiger partial charge >= 0.3 is 0 Å². The van der Waals surface area contributed by atoms with Crippen LogP contribution in [-0.4, -0.2) is 12.3 Å². The zero-order chi connectivity index (χ0) is 5.11. The van der Waals surface area contributed by atoms with Crippen LogP contribution in [0.4, 0.5) is 0 Å². The Hall–Kier alpha value is 0.310. The van der Waals surface area contributed by atoms with Crippen molar-refractivity contribution in [1.29, 1.82) is 0 Å². The van der Waals surface area contributed by atoms with Gasteiger partial charge in [0.2, 0.25) is 0 Å². The fraction of sp³-hybridized carbons (Fsp3) is 1.00. The maximum atomic E-state index is 3.25. The van der Waals surface area contributed by atoms with Gasteiger partial charge in [-0.2, -0.15) is 0 Å². The summed E-state index contributed by atoms with van der Waals surface area (Å²) in [6.07, 6.45) is 1.39. The Kier molecular flexibility index (Phi) is 2.00. The summed E-state index contributed by atoms with van der Waals surface area (Å²) in [5.41, 5.74) is 0. The SMILES string of the molecule is CC1CCSNC1. The van der Waals surface area contributed by atoms with Gasteiger partial charge in [0, 0.05) is 12.3 Å². The Morgan fingerprint density at radius 3 is 2.86 bits per heavy atom. The Morgan fingerprint density at radius 2 is 2.57 bits per heavy atom. The van der Waals surface area contributed by atoms with E-state index in [1.807, 2.05) is 11.9 Å². The fourth-order valence-corrected chi connectivity index (χ4v) is 1.70. The van der Waals surface area contributed by atoms with Crippen molar-refractivity contribution in [3.63, 3.8) is 0 Å². The summed E-state index contributed by atoms with van der Waals surface area (Å²) in [4.78, 5) is 0. The molecule has 0 aromatic rings. The van der Waals surface area contributed by atoms with Crippen molar-refractivity contribution in [2.75, 3.05) is 12.3 Å². The average Bonchev–Trinajstić information content (AvgIpc) is 1.69. The highest BCUT2D eigenvalue weighted by atomic mass is 32.2. The second-order valence-electron chi connectivity index (χ2n) is 2.09. The molecule has 0 spiro atoms. The molecule has 0 aromatic carbocycles. The average molecular weight is 117 g/mol. The van der Waals surface area contributed by atoms with E-state index in [9.17, 15) is 0 Å². The van der Waals surface area contributed by atoms with E-state index in [0.29, 0.717) is 0 Å². The molecule has 0 aromatic heterocycles. The maximum Gasteiger partial charge on any atom is 0.00845 e. The van der Waals surface area contributed by atoms with Crippen LogP contribution in [0, 0.1) is 5.92 Å². The first-order valence-electron chi connectivity index (χ1n) is 2.74. The van der Waals surface area contributed by atoms with Gasteiger partial charge in [0.25, 0.3) is 0 Å². The van der Waals surface area contributed by atoms with Crippen LogP contribution in [0.5, 0.6) is 0 Å². The lowest BCUT2D eigenvalue weighted by Gasteiger charge is -2.16. The minimum atomic E-state index is 0.904. The van der Waals surface area contributed by atoms with Gasteiger partial charge in [-0.05, 0) is 12.3 Å². The van der Waals surface area contributed by atoms with Gasteiger partial charge in [0.05, 0.1) is 0 Å². The monoisotopic (exact) mass is 117 g/mol. The Labute approximate surface area is 49.0 Å². The molecule has 0 amide bonds. The zero-order valence-electron chi connectivity index (χ0n) is 4.61. The third-order valence-corrected chi connectivity index (χ3v) is 2.06. The quantitative estimate of drug-likeness (QED) is 0.479. The molecule has 1 unspecified atom stereocenters. The van der Waals surface area contributed by atoms with Crippen LogP contribution in [-0.2, 0) is 0 Å². The second-order valence-corrected chi connectivity index (χ2v) is 3.08. The van der Waals surface area contributed by atoms with E-state index in [0.717, 1.165) is 5.92 Å². The molecule has 42 valence electrons. The van der Waals surface area contributed by atoms with E-state index >= 15 is 0 Å². The van der Waals surface area contributed by atoms with Gasteiger partial charge in [0.15, 0.2) is 0 Å². The van der Waals surface area contributed by atoms with Gasteiger partial charge in [-0.1, -0.05) is 18.9 Å². The number of nitrogens with one attached hydrogen (secondary N) is 1.